The molecule has 1 fully saturated rings. The molecule has 1 aliphatic heterocycles. The number of carbonyl (C=O) groups excluding carboxylic acids is 3. The van der Waals surface area contributed by atoms with Crippen molar-refractivity contribution in [1.29, 1.82) is 0 Å². The zero-order valence-corrected chi connectivity index (χ0v) is 10.5. The van der Waals surface area contributed by atoms with Gasteiger partial charge in [-0.25, -0.2) is 9.78 Å². The van der Waals surface area contributed by atoms with E-state index in [0.717, 1.165) is 4.90 Å². The molecule has 0 radical (unpaired) electrons. The molecular weight excluding hydrogens is 250 g/mol. The van der Waals surface area contributed by atoms with Crippen LogP contribution in [0.1, 0.15) is 25.2 Å². The van der Waals surface area contributed by atoms with Crippen molar-refractivity contribution in [2.75, 3.05) is 13.1 Å². The fraction of sp³-hybridized carbons (Fsp3) is 0.455. The standard InChI is InChI=1S/C11H15N5O3/c1-2-7(10-12-3-4-13-10)15-8(17)6-16-9(18)5-14-11(16)19/h3-4,7H,2,5-6H2,1H3,(H,12,13)(H,14,19)(H,15,17). The average molecular weight is 265 g/mol. The van der Waals surface area contributed by atoms with Crippen LogP contribution in [-0.4, -0.2) is 45.8 Å². The molecule has 1 atom stereocenters. The van der Waals surface area contributed by atoms with Crippen molar-refractivity contribution in [1.82, 2.24) is 25.5 Å². The first-order chi connectivity index (χ1) is 9.11. The first kappa shape index (κ1) is 13.1. The van der Waals surface area contributed by atoms with Gasteiger partial charge in [0.25, 0.3) is 5.91 Å². The predicted molar refractivity (Wildman–Crippen MR) is 64.9 cm³/mol. The Kier molecular flexibility index (Phi) is 3.79. The maximum atomic E-state index is 11.8. The van der Waals surface area contributed by atoms with Crippen molar-refractivity contribution in [3.05, 3.63) is 18.2 Å². The summed E-state index contributed by atoms with van der Waals surface area (Å²) in [4.78, 5) is 42.4. The Morgan fingerprint density at radius 1 is 1.58 bits per heavy atom. The van der Waals surface area contributed by atoms with E-state index in [0.29, 0.717) is 12.2 Å². The lowest BCUT2D eigenvalue weighted by Gasteiger charge is -2.17. The number of urea groups is 1. The Labute approximate surface area is 109 Å². The van der Waals surface area contributed by atoms with E-state index >= 15 is 0 Å². The number of aromatic amines is 1. The van der Waals surface area contributed by atoms with Crippen molar-refractivity contribution >= 4 is 17.8 Å². The van der Waals surface area contributed by atoms with Crippen LogP contribution in [0.25, 0.3) is 0 Å². The lowest BCUT2D eigenvalue weighted by Crippen LogP contribution is -2.42. The van der Waals surface area contributed by atoms with Crippen LogP contribution in [-0.2, 0) is 9.59 Å². The van der Waals surface area contributed by atoms with Gasteiger partial charge in [0, 0.05) is 12.4 Å². The molecule has 1 aromatic heterocycles. The Morgan fingerprint density at radius 3 is 2.89 bits per heavy atom. The molecular formula is C11H15N5O3. The minimum atomic E-state index is -0.536. The van der Waals surface area contributed by atoms with Gasteiger partial charge >= 0.3 is 6.03 Å². The van der Waals surface area contributed by atoms with E-state index in [1.54, 1.807) is 12.4 Å². The second-order valence-corrected chi connectivity index (χ2v) is 4.14. The van der Waals surface area contributed by atoms with Crippen LogP contribution in [0, 0.1) is 0 Å². The number of carbonyl (C=O) groups is 3. The summed E-state index contributed by atoms with van der Waals surface area (Å²) in [6.45, 7) is 1.57. The lowest BCUT2D eigenvalue weighted by atomic mass is 10.2. The highest BCUT2D eigenvalue weighted by Gasteiger charge is 2.30. The molecule has 4 amide bonds. The zero-order chi connectivity index (χ0) is 13.8. The molecule has 2 rings (SSSR count). The number of H-pyrrole nitrogens is 1. The summed E-state index contributed by atoms with van der Waals surface area (Å²) in [6, 6.07) is -0.797. The maximum absolute atomic E-state index is 11.8. The monoisotopic (exact) mass is 265 g/mol. The first-order valence-corrected chi connectivity index (χ1v) is 5.98. The number of imide groups is 1. The average Bonchev–Trinajstić information content (AvgIpc) is 3.01. The summed E-state index contributed by atoms with van der Waals surface area (Å²) in [5.41, 5.74) is 0. The minimum Gasteiger partial charge on any atom is -0.347 e. The molecule has 0 spiro atoms. The van der Waals surface area contributed by atoms with Crippen LogP contribution in [0.3, 0.4) is 0 Å². The Hall–Kier alpha value is -2.38. The summed E-state index contributed by atoms with van der Waals surface area (Å²) in [5, 5.41) is 5.09. The number of rotatable bonds is 5. The number of aromatic nitrogens is 2. The van der Waals surface area contributed by atoms with Crippen molar-refractivity contribution in [3.8, 4) is 0 Å². The molecule has 8 heteroatoms. The quantitative estimate of drug-likeness (QED) is 0.625. The SMILES string of the molecule is CCC(NC(=O)CN1C(=O)CNC1=O)c1ncc[nH]1. The van der Waals surface area contributed by atoms with Gasteiger partial charge in [-0.05, 0) is 6.42 Å². The second kappa shape index (κ2) is 5.51. The molecule has 2 heterocycles. The molecule has 1 saturated heterocycles. The fourth-order valence-electron chi connectivity index (χ4n) is 1.83. The summed E-state index contributed by atoms with van der Waals surface area (Å²) >= 11 is 0. The highest BCUT2D eigenvalue weighted by molar-refractivity contribution is 6.04. The number of nitrogens with zero attached hydrogens (tertiary/aromatic N) is 2. The molecule has 1 aromatic rings. The van der Waals surface area contributed by atoms with E-state index in [-0.39, 0.29) is 19.1 Å². The topological polar surface area (TPSA) is 107 Å². The number of hydrogen-bond donors (Lipinski definition) is 3. The Bertz CT molecular complexity index is 469. The molecule has 102 valence electrons. The van der Waals surface area contributed by atoms with Gasteiger partial charge in [-0.3, -0.25) is 14.5 Å². The number of hydrogen-bond acceptors (Lipinski definition) is 4. The molecule has 3 N–H and O–H groups in total. The van der Waals surface area contributed by atoms with Crippen LogP contribution < -0.4 is 10.6 Å². The van der Waals surface area contributed by atoms with Gasteiger partial charge in [-0.1, -0.05) is 6.92 Å². The highest BCUT2D eigenvalue weighted by Crippen LogP contribution is 2.11. The second-order valence-electron chi connectivity index (χ2n) is 4.14. The molecule has 0 bridgehead atoms. The molecule has 0 aliphatic carbocycles. The van der Waals surface area contributed by atoms with Gasteiger partial charge in [0.1, 0.15) is 12.4 Å². The van der Waals surface area contributed by atoms with E-state index < -0.39 is 17.8 Å². The molecule has 8 nitrogen and oxygen atoms in total. The van der Waals surface area contributed by atoms with E-state index in [1.165, 1.54) is 0 Å². The largest absolute Gasteiger partial charge is 0.347 e. The van der Waals surface area contributed by atoms with Crippen LogP contribution in [0.2, 0.25) is 0 Å². The van der Waals surface area contributed by atoms with Gasteiger partial charge in [-0.15, -0.1) is 0 Å². The molecule has 1 unspecified atom stereocenters. The van der Waals surface area contributed by atoms with Crippen molar-refractivity contribution in [2.24, 2.45) is 0 Å². The summed E-state index contributed by atoms with van der Waals surface area (Å²) in [5.74, 6) is -0.145. The van der Waals surface area contributed by atoms with Crippen molar-refractivity contribution in [2.45, 2.75) is 19.4 Å². The van der Waals surface area contributed by atoms with E-state index in [4.69, 9.17) is 0 Å². The Balaban J connectivity index is 1.93. The predicted octanol–water partition coefficient (Wildman–Crippen LogP) is -0.471. The summed E-state index contributed by atoms with van der Waals surface area (Å²) in [6.07, 6.45) is 3.92. The maximum Gasteiger partial charge on any atom is 0.325 e. The van der Waals surface area contributed by atoms with Gasteiger partial charge in [0.05, 0.1) is 12.6 Å². The van der Waals surface area contributed by atoms with Crippen LogP contribution in [0.15, 0.2) is 12.4 Å². The zero-order valence-electron chi connectivity index (χ0n) is 10.5. The van der Waals surface area contributed by atoms with E-state index in [9.17, 15) is 14.4 Å². The third-order valence-electron chi connectivity index (χ3n) is 2.83. The van der Waals surface area contributed by atoms with Crippen LogP contribution in [0.5, 0.6) is 0 Å². The number of amides is 4. The molecule has 0 saturated carbocycles. The van der Waals surface area contributed by atoms with Crippen molar-refractivity contribution in [3.63, 3.8) is 0 Å². The van der Waals surface area contributed by atoms with Gasteiger partial charge in [-0.2, -0.15) is 0 Å². The lowest BCUT2D eigenvalue weighted by molar-refractivity contribution is -0.131. The summed E-state index contributed by atoms with van der Waals surface area (Å²) < 4.78 is 0. The Morgan fingerprint density at radius 2 is 2.37 bits per heavy atom. The smallest absolute Gasteiger partial charge is 0.325 e. The molecule has 0 aromatic carbocycles. The van der Waals surface area contributed by atoms with E-state index in [1.807, 2.05) is 6.92 Å². The number of imidazole rings is 1. The van der Waals surface area contributed by atoms with Gasteiger partial charge < -0.3 is 15.6 Å². The fourth-order valence-corrected chi connectivity index (χ4v) is 1.83. The molecule has 1 aliphatic rings. The van der Waals surface area contributed by atoms with Gasteiger partial charge in [0.15, 0.2) is 0 Å². The van der Waals surface area contributed by atoms with Gasteiger partial charge in [0.2, 0.25) is 5.91 Å². The van der Waals surface area contributed by atoms with Crippen LogP contribution >= 0.6 is 0 Å². The summed E-state index contributed by atoms with van der Waals surface area (Å²) in [7, 11) is 0. The highest BCUT2D eigenvalue weighted by atomic mass is 16.2. The third-order valence-corrected chi connectivity index (χ3v) is 2.83. The molecule has 19 heavy (non-hydrogen) atoms. The minimum absolute atomic E-state index is 0.0541. The van der Waals surface area contributed by atoms with Crippen LogP contribution in [0.4, 0.5) is 4.79 Å². The van der Waals surface area contributed by atoms with Crippen molar-refractivity contribution < 1.29 is 14.4 Å². The number of nitrogens with one attached hydrogen (secondary N) is 3. The third kappa shape index (κ3) is 2.90. The normalized spacial score (nSPS) is 16.4. The van der Waals surface area contributed by atoms with E-state index in [2.05, 4.69) is 20.6 Å². The first-order valence-electron chi connectivity index (χ1n) is 5.98.